The van der Waals surface area contributed by atoms with Crippen LogP contribution in [0.15, 0.2) is 35.7 Å². The Morgan fingerprint density at radius 1 is 1.31 bits per heavy atom. The van der Waals surface area contributed by atoms with Crippen LogP contribution in [0.3, 0.4) is 0 Å². The molecular weight excluding hydrogens is 407 g/mol. The van der Waals surface area contributed by atoms with Gasteiger partial charge >= 0.3 is 18.1 Å². The number of fused-ring (bicyclic) bond motifs is 1. The molecule has 154 valence electrons. The van der Waals surface area contributed by atoms with Gasteiger partial charge in [0, 0.05) is 5.69 Å². The van der Waals surface area contributed by atoms with Gasteiger partial charge in [-0.2, -0.15) is 27.4 Å². The number of thioether (sulfide) groups is 1. The summed E-state index contributed by atoms with van der Waals surface area (Å²) < 4.78 is 39.7. The summed E-state index contributed by atoms with van der Waals surface area (Å²) in [5.74, 6) is -0.970. The Balaban J connectivity index is 1.80. The lowest BCUT2D eigenvalue weighted by Gasteiger charge is -2.24. The van der Waals surface area contributed by atoms with Crippen LogP contribution in [0.1, 0.15) is 25.3 Å². The van der Waals surface area contributed by atoms with E-state index in [0.717, 1.165) is 23.5 Å². The summed E-state index contributed by atoms with van der Waals surface area (Å²) in [4.78, 5) is 38.9. The summed E-state index contributed by atoms with van der Waals surface area (Å²) in [5, 5.41) is 3.49. The summed E-state index contributed by atoms with van der Waals surface area (Å²) in [5.41, 5.74) is -0.492. The fraction of sp³-hybridized carbons (Fsp3) is 0.368. The van der Waals surface area contributed by atoms with Crippen molar-refractivity contribution in [3.8, 4) is 0 Å². The minimum Gasteiger partial charge on any atom is -0.323 e. The number of hydrogen-bond acceptors (Lipinski definition) is 4. The van der Waals surface area contributed by atoms with E-state index in [0.29, 0.717) is 12.1 Å². The van der Waals surface area contributed by atoms with E-state index >= 15 is 0 Å². The number of carbonyl (C=O) groups is 3. The Morgan fingerprint density at radius 2 is 2.07 bits per heavy atom. The first-order valence-electron chi connectivity index (χ1n) is 9.01. The largest absolute Gasteiger partial charge is 0.501 e. The normalized spacial score (nSPS) is 19.0. The van der Waals surface area contributed by atoms with Crippen molar-refractivity contribution in [2.45, 2.75) is 31.2 Å². The van der Waals surface area contributed by atoms with Gasteiger partial charge < -0.3 is 5.32 Å². The van der Waals surface area contributed by atoms with Gasteiger partial charge in [0.25, 0.3) is 5.91 Å². The molecule has 0 aromatic heterocycles. The third kappa shape index (κ3) is 4.52. The van der Waals surface area contributed by atoms with Gasteiger partial charge in [-0.1, -0.05) is 19.4 Å². The predicted molar refractivity (Wildman–Crippen MR) is 103 cm³/mol. The molecule has 29 heavy (non-hydrogen) atoms. The Kier molecular flexibility index (Phi) is 6.11. The number of imide groups is 1. The van der Waals surface area contributed by atoms with Crippen LogP contribution < -0.4 is 5.32 Å². The highest BCUT2D eigenvalue weighted by Crippen LogP contribution is 2.31. The van der Waals surface area contributed by atoms with Crippen molar-refractivity contribution >= 4 is 41.0 Å². The molecule has 2 aliphatic rings. The first-order valence-corrected chi connectivity index (χ1v) is 9.95. The number of rotatable bonds is 6. The van der Waals surface area contributed by atoms with Crippen molar-refractivity contribution in [3.63, 3.8) is 0 Å². The van der Waals surface area contributed by atoms with Gasteiger partial charge in [-0.05, 0) is 36.1 Å². The number of allylic oxidation sites excluding steroid dienone is 1. The monoisotopic (exact) mass is 426 g/mol. The lowest BCUT2D eigenvalue weighted by molar-refractivity contribution is -0.425. The minimum atomic E-state index is -4.53. The van der Waals surface area contributed by atoms with Crippen molar-refractivity contribution in [1.29, 1.82) is 0 Å². The van der Waals surface area contributed by atoms with Gasteiger partial charge in [0.1, 0.15) is 5.71 Å². The van der Waals surface area contributed by atoms with Crippen LogP contribution >= 0.6 is 11.8 Å². The fourth-order valence-corrected chi connectivity index (χ4v) is 4.02. The molecule has 0 saturated heterocycles. The molecule has 0 spiro atoms. The van der Waals surface area contributed by atoms with Crippen LogP contribution in [-0.4, -0.2) is 51.4 Å². The summed E-state index contributed by atoms with van der Waals surface area (Å²) >= 11 is 1.25. The average Bonchev–Trinajstić information content (AvgIpc) is 3.15. The van der Waals surface area contributed by atoms with Crippen LogP contribution in [-0.2, 0) is 15.8 Å². The number of nitrogens with zero attached hydrogens (tertiary/aromatic N) is 2. The molecular formula is C19H19F3N3O3S+. The zero-order valence-corrected chi connectivity index (χ0v) is 16.3. The summed E-state index contributed by atoms with van der Waals surface area (Å²) in [6.07, 6.45) is -1.49. The van der Waals surface area contributed by atoms with E-state index in [2.05, 4.69) is 5.32 Å². The van der Waals surface area contributed by atoms with E-state index in [1.807, 2.05) is 6.92 Å². The average molecular weight is 426 g/mol. The lowest BCUT2D eigenvalue weighted by atomic mass is 10.1. The second kappa shape index (κ2) is 8.40. The number of anilines is 1. The van der Waals surface area contributed by atoms with Gasteiger partial charge in [-0.3, -0.25) is 4.79 Å². The standard InChI is InChI=1S/C19H18F3N3O3S/c1-2-3-8-24-17(27)16-14(7-9-29-16)25(18(24)28)11-15(26)23-13-6-4-5-12(10-13)19(20,21)22/h4-7,9-10,16H,2-3,8,11H2,1H3/p+1. The SMILES string of the molecule is CCCCN1C(=O)C2SC=CC2=[N+](CC(=O)Nc2cccc(C(F)(F)F)c2)C1=O. The predicted octanol–water partition coefficient (Wildman–Crippen LogP) is 3.49. The quantitative estimate of drug-likeness (QED) is 0.707. The molecule has 2 heterocycles. The van der Waals surface area contributed by atoms with Gasteiger partial charge in [0.05, 0.1) is 12.1 Å². The number of unbranched alkanes of at least 4 members (excludes halogenated alkanes) is 1. The van der Waals surface area contributed by atoms with Gasteiger partial charge in [0.2, 0.25) is 0 Å². The summed E-state index contributed by atoms with van der Waals surface area (Å²) in [6.45, 7) is 1.79. The topological polar surface area (TPSA) is 69.5 Å². The van der Waals surface area contributed by atoms with Crippen LogP contribution in [0.5, 0.6) is 0 Å². The number of urea groups is 1. The van der Waals surface area contributed by atoms with Crippen LogP contribution in [0.25, 0.3) is 0 Å². The zero-order valence-electron chi connectivity index (χ0n) is 15.5. The number of amides is 4. The summed E-state index contributed by atoms with van der Waals surface area (Å²) in [6, 6.07) is 3.66. The highest BCUT2D eigenvalue weighted by atomic mass is 32.2. The van der Waals surface area contributed by atoms with E-state index in [1.165, 1.54) is 28.5 Å². The van der Waals surface area contributed by atoms with E-state index in [1.54, 1.807) is 11.5 Å². The third-order valence-electron chi connectivity index (χ3n) is 4.50. The minimum absolute atomic E-state index is 0.0221. The maximum Gasteiger partial charge on any atom is 0.501 e. The van der Waals surface area contributed by atoms with Crippen LogP contribution in [0.4, 0.5) is 23.7 Å². The molecule has 3 rings (SSSR count). The zero-order chi connectivity index (χ0) is 21.2. The molecule has 1 N–H and O–H groups in total. The first kappa shape index (κ1) is 21.1. The van der Waals surface area contributed by atoms with Gasteiger partial charge in [0.15, 0.2) is 11.8 Å². The second-order valence-electron chi connectivity index (χ2n) is 6.58. The fourth-order valence-electron chi connectivity index (χ4n) is 3.05. The Hall–Kier alpha value is -2.62. The molecule has 0 bridgehead atoms. The van der Waals surface area contributed by atoms with Crippen LogP contribution in [0, 0.1) is 0 Å². The van der Waals surface area contributed by atoms with Gasteiger partial charge in [-0.25, -0.2) is 4.79 Å². The second-order valence-corrected chi connectivity index (χ2v) is 7.60. The number of hydrogen-bond donors (Lipinski definition) is 1. The van der Waals surface area contributed by atoms with E-state index < -0.39 is 35.5 Å². The van der Waals surface area contributed by atoms with Crippen molar-refractivity contribution in [3.05, 3.63) is 41.3 Å². The highest BCUT2D eigenvalue weighted by molar-refractivity contribution is 8.04. The Labute approximate surface area is 169 Å². The summed E-state index contributed by atoms with van der Waals surface area (Å²) in [7, 11) is 0. The van der Waals surface area contributed by atoms with Crippen molar-refractivity contribution in [2.24, 2.45) is 0 Å². The third-order valence-corrected chi connectivity index (χ3v) is 5.51. The number of nitrogens with one attached hydrogen (secondary N) is 1. The first-order chi connectivity index (χ1) is 13.7. The smallest absolute Gasteiger partial charge is 0.323 e. The van der Waals surface area contributed by atoms with Crippen molar-refractivity contribution in [2.75, 3.05) is 18.4 Å². The van der Waals surface area contributed by atoms with Crippen LogP contribution in [0.2, 0.25) is 0 Å². The molecule has 0 aliphatic carbocycles. The molecule has 6 nitrogen and oxygen atoms in total. The maximum atomic E-state index is 12.8. The molecule has 1 aromatic rings. The number of alkyl halides is 3. The van der Waals surface area contributed by atoms with Crippen molar-refractivity contribution < 1.29 is 32.1 Å². The number of carbonyl (C=O) groups excluding carboxylic acids is 3. The van der Waals surface area contributed by atoms with E-state index in [-0.39, 0.29) is 18.1 Å². The molecule has 1 aromatic carbocycles. The van der Waals surface area contributed by atoms with Gasteiger partial charge in [-0.15, -0.1) is 11.8 Å². The molecule has 10 heteroatoms. The molecule has 4 amide bonds. The lowest BCUT2D eigenvalue weighted by Crippen LogP contribution is -2.56. The Morgan fingerprint density at radius 3 is 2.76 bits per heavy atom. The highest BCUT2D eigenvalue weighted by Gasteiger charge is 2.49. The van der Waals surface area contributed by atoms with E-state index in [9.17, 15) is 27.6 Å². The molecule has 1 unspecified atom stereocenters. The number of benzene rings is 1. The van der Waals surface area contributed by atoms with E-state index in [4.69, 9.17) is 0 Å². The molecule has 0 saturated carbocycles. The maximum absolute atomic E-state index is 12.8. The Bertz CT molecular complexity index is 911. The molecule has 0 fully saturated rings. The number of halogens is 3. The molecule has 0 radical (unpaired) electrons. The van der Waals surface area contributed by atoms with Crippen molar-refractivity contribution in [1.82, 2.24) is 4.90 Å². The molecule has 2 aliphatic heterocycles. The molecule has 1 atom stereocenters.